The number of aromatic nitrogens is 3. The third kappa shape index (κ3) is 4.04. The summed E-state index contributed by atoms with van der Waals surface area (Å²) in [4.78, 5) is 33.5. The molecule has 0 bridgehead atoms. The summed E-state index contributed by atoms with van der Waals surface area (Å²) >= 11 is 1.31. The Bertz CT molecular complexity index is 1420. The van der Waals surface area contributed by atoms with Crippen LogP contribution in [-0.2, 0) is 16.1 Å². The van der Waals surface area contributed by atoms with Gasteiger partial charge >= 0.3 is 5.97 Å². The minimum absolute atomic E-state index is 0.196. The zero-order valence-corrected chi connectivity index (χ0v) is 20.4. The molecule has 0 saturated heterocycles. The number of esters is 1. The largest absolute Gasteiger partial charge is 0.466 e. The lowest BCUT2D eigenvalue weighted by Gasteiger charge is -2.25. The molecular formula is C24H27N5O3S. The molecular weight excluding hydrogens is 438 g/mol. The fourth-order valence-corrected chi connectivity index (χ4v) is 4.98. The fourth-order valence-electron chi connectivity index (χ4n) is 3.94. The summed E-state index contributed by atoms with van der Waals surface area (Å²) in [5, 5.41) is 4.46. The van der Waals surface area contributed by atoms with Crippen LogP contribution in [0.2, 0.25) is 0 Å². The number of aryl methyl sites for hydroxylation is 2. The number of benzene rings is 1. The molecule has 3 heterocycles. The summed E-state index contributed by atoms with van der Waals surface area (Å²) in [6.45, 7) is 6.47. The van der Waals surface area contributed by atoms with Gasteiger partial charge in [-0.1, -0.05) is 23.5 Å². The minimum atomic E-state index is -0.619. The van der Waals surface area contributed by atoms with E-state index in [-0.39, 0.29) is 5.56 Å². The molecule has 0 amide bonds. The van der Waals surface area contributed by atoms with E-state index >= 15 is 0 Å². The molecule has 1 aliphatic heterocycles. The molecule has 0 spiro atoms. The maximum atomic E-state index is 13.6. The minimum Gasteiger partial charge on any atom is -0.466 e. The lowest BCUT2D eigenvalue weighted by atomic mass is 9.95. The average molecular weight is 466 g/mol. The predicted molar refractivity (Wildman–Crippen MR) is 129 cm³/mol. The molecule has 9 heteroatoms. The molecule has 0 aliphatic carbocycles. The van der Waals surface area contributed by atoms with Crippen molar-refractivity contribution in [1.29, 1.82) is 0 Å². The van der Waals surface area contributed by atoms with Gasteiger partial charge in [0.2, 0.25) is 0 Å². The summed E-state index contributed by atoms with van der Waals surface area (Å²) < 4.78 is 9.05. The topological polar surface area (TPSA) is 81.7 Å². The maximum Gasteiger partial charge on any atom is 0.338 e. The first-order chi connectivity index (χ1) is 15.7. The number of nitrogens with zero attached hydrogens (tertiary/aromatic N) is 5. The Morgan fingerprint density at radius 2 is 1.94 bits per heavy atom. The van der Waals surface area contributed by atoms with E-state index in [0.29, 0.717) is 20.6 Å². The van der Waals surface area contributed by atoms with Crippen LogP contribution in [0, 0.1) is 6.92 Å². The van der Waals surface area contributed by atoms with Crippen molar-refractivity contribution in [3.8, 4) is 0 Å². The maximum absolute atomic E-state index is 13.6. The number of ether oxygens (including phenoxy) is 1. The number of thiazole rings is 1. The van der Waals surface area contributed by atoms with Gasteiger partial charge in [-0.3, -0.25) is 14.0 Å². The molecule has 8 nitrogen and oxygen atoms in total. The molecule has 0 radical (unpaired) electrons. The lowest BCUT2D eigenvalue weighted by molar-refractivity contribution is -0.136. The van der Waals surface area contributed by atoms with E-state index in [0.717, 1.165) is 29.1 Å². The van der Waals surface area contributed by atoms with Gasteiger partial charge in [-0.2, -0.15) is 5.10 Å². The fraction of sp³-hybridized carbons (Fsp3) is 0.333. The first kappa shape index (κ1) is 22.7. The number of carbonyl (C=O) groups is 1. The first-order valence-corrected chi connectivity index (χ1v) is 11.5. The van der Waals surface area contributed by atoms with Crippen LogP contribution in [0.4, 0.5) is 5.69 Å². The summed E-state index contributed by atoms with van der Waals surface area (Å²) in [5.41, 5.74) is 4.30. The molecule has 0 N–H and O–H groups in total. The lowest BCUT2D eigenvalue weighted by Crippen LogP contribution is -2.39. The molecule has 2 aromatic heterocycles. The van der Waals surface area contributed by atoms with E-state index in [2.05, 4.69) is 10.1 Å². The van der Waals surface area contributed by atoms with E-state index in [1.165, 1.54) is 18.4 Å². The Balaban J connectivity index is 1.94. The normalized spacial score (nSPS) is 15.9. The van der Waals surface area contributed by atoms with Crippen LogP contribution >= 0.6 is 11.3 Å². The number of rotatable bonds is 5. The summed E-state index contributed by atoms with van der Waals surface area (Å²) in [6.07, 6.45) is 3.78. The number of fused-ring (bicyclic) bond motifs is 1. The number of hydrogen-bond donors (Lipinski definition) is 0. The van der Waals surface area contributed by atoms with Crippen LogP contribution < -0.4 is 19.8 Å². The molecule has 4 rings (SSSR count). The molecule has 0 fully saturated rings. The van der Waals surface area contributed by atoms with E-state index in [1.807, 2.05) is 74.1 Å². The van der Waals surface area contributed by atoms with Crippen molar-refractivity contribution < 1.29 is 9.53 Å². The second kappa shape index (κ2) is 8.82. The van der Waals surface area contributed by atoms with Crippen LogP contribution in [0.1, 0.15) is 36.7 Å². The highest BCUT2D eigenvalue weighted by Gasteiger charge is 2.33. The van der Waals surface area contributed by atoms with Gasteiger partial charge in [0.15, 0.2) is 4.80 Å². The van der Waals surface area contributed by atoms with Gasteiger partial charge in [0, 0.05) is 38.1 Å². The van der Waals surface area contributed by atoms with Crippen LogP contribution in [0.5, 0.6) is 0 Å². The number of carbonyl (C=O) groups excluding carboxylic acids is 1. The number of allylic oxidation sites excluding steroid dienone is 1. The Kier molecular flexibility index (Phi) is 6.07. The van der Waals surface area contributed by atoms with Crippen molar-refractivity contribution in [3.63, 3.8) is 0 Å². The Morgan fingerprint density at radius 3 is 2.52 bits per heavy atom. The number of methoxy groups -OCH3 is 1. The zero-order valence-electron chi connectivity index (χ0n) is 19.6. The van der Waals surface area contributed by atoms with Gasteiger partial charge < -0.3 is 9.64 Å². The second-order valence-corrected chi connectivity index (χ2v) is 9.09. The summed E-state index contributed by atoms with van der Waals surface area (Å²) in [6, 6.07) is 7.20. The highest BCUT2D eigenvalue weighted by Crippen LogP contribution is 2.31. The molecule has 1 aromatic carbocycles. The third-order valence-corrected chi connectivity index (χ3v) is 6.73. The Labute approximate surface area is 195 Å². The van der Waals surface area contributed by atoms with E-state index in [1.54, 1.807) is 11.5 Å². The Hall–Kier alpha value is -3.46. The SMILES string of the molecule is CCn1cc(/C=c2/sc3n(c2=O)[C@@H](c2ccc(N(C)C)cc2)C(C(=O)OC)=C(C)N=3)c(C)n1. The van der Waals surface area contributed by atoms with Crippen LogP contribution in [0.15, 0.2) is 51.5 Å². The smallest absolute Gasteiger partial charge is 0.338 e. The average Bonchev–Trinajstić information content (AvgIpc) is 3.31. The van der Waals surface area contributed by atoms with E-state index in [4.69, 9.17) is 4.74 Å². The van der Waals surface area contributed by atoms with Gasteiger partial charge in [0.05, 0.1) is 34.6 Å². The molecule has 33 heavy (non-hydrogen) atoms. The molecule has 0 saturated carbocycles. The number of hydrogen-bond acceptors (Lipinski definition) is 7. The van der Waals surface area contributed by atoms with Crippen molar-refractivity contribution >= 4 is 29.1 Å². The second-order valence-electron chi connectivity index (χ2n) is 8.08. The first-order valence-electron chi connectivity index (χ1n) is 10.7. The van der Waals surface area contributed by atoms with E-state index < -0.39 is 12.0 Å². The predicted octanol–water partition coefficient (Wildman–Crippen LogP) is 2.00. The van der Waals surface area contributed by atoms with Crippen LogP contribution in [0.3, 0.4) is 0 Å². The van der Waals surface area contributed by atoms with Crippen LogP contribution in [0.25, 0.3) is 6.08 Å². The quantitative estimate of drug-likeness (QED) is 0.539. The van der Waals surface area contributed by atoms with Gasteiger partial charge in [0.1, 0.15) is 0 Å². The zero-order chi connectivity index (χ0) is 23.9. The van der Waals surface area contributed by atoms with Crippen molar-refractivity contribution in [2.24, 2.45) is 4.99 Å². The van der Waals surface area contributed by atoms with Crippen molar-refractivity contribution in [1.82, 2.24) is 14.3 Å². The monoisotopic (exact) mass is 465 g/mol. The molecule has 1 aliphatic rings. The van der Waals surface area contributed by atoms with E-state index in [9.17, 15) is 9.59 Å². The highest BCUT2D eigenvalue weighted by molar-refractivity contribution is 7.07. The molecule has 0 unspecified atom stereocenters. The van der Waals surface area contributed by atoms with Gasteiger partial charge in [0.25, 0.3) is 5.56 Å². The molecule has 3 aromatic rings. The van der Waals surface area contributed by atoms with Gasteiger partial charge in [-0.15, -0.1) is 0 Å². The Morgan fingerprint density at radius 1 is 1.24 bits per heavy atom. The third-order valence-electron chi connectivity index (χ3n) is 5.75. The van der Waals surface area contributed by atoms with Crippen molar-refractivity contribution in [2.75, 3.05) is 26.1 Å². The molecule has 1 atom stereocenters. The van der Waals surface area contributed by atoms with Gasteiger partial charge in [-0.25, -0.2) is 9.79 Å². The highest BCUT2D eigenvalue weighted by atomic mass is 32.1. The standard InChI is InChI=1S/C24H27N5O3S/c1-7-28-13-17(14(2)26-28)12-19-22(30)29-21(16-8-10-18(11-9-16)27(4)5)20(23(31)32-6)15(3)25-24(29)33-19/h8-13,21H,7H2,1-6H3/b19-12+/t21-/m0/s1. The van der Waals surface area contributed by atoms with Crippen molar-refractivity contribution in [3.05, 3.63) is 78.2 Å². The summed E-state index contributed by atoms with van der Waals surface area (Å²) in [7, 11) is 5.27. The van der Waals surface area contributed by atoms with Gasteiger partial charge in [-0.05, 0) is 44.5 Å². The van der Waals surface area contributed by atoms with Crippen molar-refractivity contribution in [2.45, 2.75) is 33.4 Å². The number of anilines is 1. The van der Waals surface area contributed by atoms with Crippen LogP contribution in [-0.4, -0.2) is 41.5 Å². The molecule has 172 valence electrons. The summed E-state index contributed by atoms with van der Waals surface area (Å²) in [5.74, 6) is -0.493.